The Bertz CT molecular complexity index is 476. The van der Waals surface area contributed by atoms with Crippen molar-refractivity contribution in [1.82, 2.24) is 15.1 Å². The Morgan fingerprint density at radius 3 is 2.71 bits per heavy atom. The summed E-state index contributed by atoms with van der Waals surface area (Å²) in [4.78, 5) is 12.3. The van der Waals surface area contributed by atoms with Crippen LogP contribution in [0.1, 0.15) is 68.4 Å². The minimum Gasteiger partial charge on any atom is -0.391 e. The molecular weight excluding hydrogens is 266 g/mol. The van der Waals surface area contributed by atoms with Crippen LogP contribution in [-0.4, -0.2) is 33.4 Å². The van der Waals surface area contributed by atoms with Gasteiger partial charge in [-0.15, -0.1) is 0 Å². The maximum absolute atomic E-state index is 12.3. The van der Waals surface area contributed by atoms with Gasteiger partial charge in [-0.2, -0.15) is 5.10 Å². The van der Waals surface area contributed by atoms with Gasteiger partial charge in [-0.05, 0) is 31.6 Å². The van der Waals surface area contributed by atoms with E-state index in [9.17, 15) is 9.90 Å². The van der Waals surface area contributed by atoms with Crippen LogP contribution >= 0.6 is 0 Å². The van der Waals surface area contributed by atoms with E-state index >= 15 is 0 Å². The van der Waals surface area contributed by atoms with Gasteiger partial charge >= 0.3 is 0 Å². The van der Waals surface area contributed by atoms with Crippen molar-refractivity contribution in [3.05, 3.63) is 17.5 Å². The number of hydrogen-bond acceptors (Lipinski definition) is 3. The topological polar surface area (TPSA) is 67.2 Å². The monoisotopic (exact) mass is 293 g/mol. The van der Waals surface area contributed by atoms with Crippen LogP contribution in [0.15, 0.2) is 6.20 Å². The van der Waals surface area contributed by atoms with E-state index in [1.165, 1.54) is 12.8 Å². The van der Waals surface area contributed by atoms with Gasteiger partial charge < -0.3 is 10.4 Å². The lowest BCUT2D eigenvalue weighted by Gasteiger charge is -2.18. The normalized spacial score (nSPS) is 17.4. The number of hydrogen-bond donors (Lipinski definition) is 2. The van der Waals surface area contributed by atoms with Crippen LogP contribution < -0.4 is 5.32 Å². The Morgan fingerprint density at radius 1 is 1.48 bits per heavy atom. The summed E-state index contributed by atoms with van der Waals surface area (Å²) in [5, 5.41) is 17.5. The summed E-state index contributed by atoms with van der Waals surface area (Å²) < 4.78 is 1.79. The molecule has 2 N–H and O–H groups in total. The molecule has 0 aromatic carbocycles. The number of nitrogens with zero attached hydrogens (tertiary/aromatic N) is 2. The number of carbonyl (C=O) groups is 1. The second kappa shape index (κ2) is 7.07. The molecule has 0 spiro atoms. The SMILES string of the molecule is CCn1cc(C(=O)NCC(O)C2CCCC2)c(C(C)C)n1. The van der Waals surface area contributed by atoms with Crippen LogP contribution in [0.25, 0.3) is 0 Å². The van der Waals surface area contributed by atoms with Gasteiger partial charge in [0.1, 0.15) is 0 Å². The lowest BCUT2D eigenvalue weighted by Crippen LogP contribution is -2.35. The fourth-order valence-corrected chi connectivity index (χ4v) is 3.00. The average Bonchev–Trinajstić information content (AvgIpc) is 3.12. The smallest absolute Gasteiger partial charge is 0.254 e. The third kappa shape index (κ3) is 3.84. The van der Waals surface area contributed by atoms with Gasteiger partial charge in [-0.25, -0.2) is 0 Å². The first-order chi connectivity index (χ1) is 10.0. The summed E-state index contributed by atoms with van der Waals surface area (Å²) in [5.41, 5.74) is 1.45. The molecule has 1 fully saturated rings. The van der Waals surface area contributed by atoms with Crippen LogP contribution in [0.2, 0.25) is 0 Å². The molecule has 1 saturated carbocycles. The largest absolute Gasteiger partial charge is 0.391 e. The maximum Gasteiger partial charge on any atom is 0.254 e. The van der Waals surface area contributed by atoms with E-state index in [-0.39, 0.29) is 11.8 Å². The van der Waals surface area contributed by atoms with E-state index in [1.807, 2.05) is 20.8 Å². The average molecular weight is 293 g/mol. The zero-order chi connectivity index (χ0) is 15.4. The summed E-state index contributed by atoms with van der Waals surface area (Å²) in [6.45, 7) is 7.15. The minimum absolute atomic E-state index is 0.129. The van der Waals surface area contributed by atoms with Gasteiger partial charge in [-0.1, -0.05) is 26.7 Å². The number of nitrogens with one attached hydrogen (secondary N) is 1. The first-order valence-electron chi connectivity index (χ1n) is 8.06. The lowest BCUT2D eigenvalue weighted by atomic mass is 10.0. The number of aliphatic hydroxyl groups is 1. The van der Waals surface area contributed by atoms with E-state index in [4.69, 9.17) is 0 Å². The number of carbonyl (C=O) groups excluding carboxylic acids is 1. The highest BCUT2D eigenvalue weighted by molar-refractivity contribution is 5.95. The Kier molecular flexibility index (Phi) is 5.39. The van der Waals surface area contributed by atoms with Gasteiger partial charge in [0.15, 0.2) is 0 Å². The van der Waals surface area contributed by atoms with Crippen LogP contribution in [-0.2, 0) is 6.54 Å². The molecular formula is C16H27N3O2. The first kappa shape index (κ1) is 16.0. The Balaban J connectivity index is 1.97. The van der Waals surface area contributed by atoms with E-state index < -0.39 is 6.10 Å². The first-order valence-corrected chi connectivity index (χ1v) is 8.06. The molecule has 1 unspecified atom stereocenters. The number of aryl methyl sites for hydroxylation is 1. The summed E-state index contributed by atoms with van der Waals surface area (Å²) in [6, 6.07) is 0. The van der Waals surface area contributed by atoms with Gasteiger partial charge in [0.25, 0.3) is 5.91 Å². The van der Waals surface area contributed by atoms with E-state index in [0.717, 1.165) is 25.1 Å². The molecule has 1 aromatic heterocycles. The molecule has 5 heteroatoms. The zero-order valence-corrected chi connectivity index (χ0v) is 13.3. The molecule has 1 heterocycles. The van der Waals surface area contributed by atoms with Crippen molar-refractivity contribution in [2.45, 2.75) is 65.0 Å². The van der Waals surface area contributed by atoms with E-state index in [2.05, 4.69) is 10.4 Å². The van der Waals surface area contributed by atoms with Crippen molar-refractivity contribution < 1.29 is 9.90 Å². The van der Waals surface area contributed by atoms with E-state index in [1.54, 1.807) is 10.9 Å². The van der Waals surface area contributed by atoms with Crippen molar-refractivity contribution >= 4 is 5.91 Å². The fourth-order valence-electron chi connectivity index (χ4n) is 3.00. The van der Waals surface area contributed by atoms with Gasteiger partial charge in [0.05, 0.1) is 17.4 Å². The van der Waals surface area contributed by atoms with Crippen molar-refractivity contribution in [2.24, 2.45) is 5.92 Å². The molecule has 0 bridgehead atoms. The molecule has 1 atom stereocenters. The Morgan fingerprint density at radius 2 is 2.14 bits per heavy atom. The molecule has 0 radical (unpaired) electrons. The summed E-state index contributed by atoms with van der Waals surface area (Å²) >= 11 is 0. The van der Waals surface area contributed by atoms with Crippen molar-refractivity contribution in [1.29, 1.82) is 0 Å². The van der Waals surface area contributed by atoms with Crippen LogP contribution in [0, 0.1) is 5.92 Å². The number of aliphatic hydroxyl groups excluding tert-OH is 1. The molecule has 1 aliphatic rings. The maximum atomic E-state index is 12.3. The molecule has 0 saturated heterocycles. The third-order valence-electron chi connectivity index (χ3n) is 4.32. The van der Waals surface area contributed by atoms with Gasteiger partial charge in [0, 0.05) is 19.3 Å². The number of aromatic nitrogens is 2. The van der Waals surface area contributed by atoms with Crippen LogP contribution in [0.5, 0.6) is 0 Å². The Hall–Kier alpha value is -1.36. The van der Waals surface area contributed by atoms with Crippen molar-refractivity contribution in [3.63, 3.8) is 0 Å². The summed E-state index contributed by atoms with van der Waals surface area (Å²) in [6.07, 6.45) is 5.89. The quantitative estimate of drug-likeness (QED) is 0.845. The molecule has 0 aliphatic heterocycles. The fraction of sp³-hybridized carbons (Fsp3) is 0.750. The number of rotatable bonds is 6. The van der Waals surface area contributed by atoms with Crippen molar-refractivity contribution in [3.8, 4) is 0 Å². The third-order valence-corrected chi connectivity index (χ3v) is 4.32. The molecule has 1 amide bonds. The second-order valence-electron chi connectivity index (χ2n) is 6.26. The summed E-state index contributed by atoms with van der Waals surface area (Å²) in [7, 11) is 0. The molecule has 118 valence electrons. The predicted molar refractivity (Wildman–Crippen MR) is 82.3 cm³/mol. The molecule has 5 nitrogen and oxygen atoms in total. The molecule has 1 aliphatic carbocycles. The molecule has 2 rings (SSSR count). The number of amides is 1. The van der Waals surface area contributed by atoms with E-state index in [0.29, 0.717) is 18.0 Å². The Labute approximate surface area is 126 Å². The molecule has 21 heavy (non-hydrogen) atoms. The highest BCUT2D eigenvalue weighted by Crippen LogP contribution is 2.27. The highest BCUT2D eigenvalue weighted by atomic mass is 16.3. The lowest BCUT2D eigenvalue weighted by molar-refractivity contribution is 0.0839. The standard InChI is InChI=1S/C16H27N3O2/c1-4-19-10-13(15(18-19)11(2)3)16(21)17-9-14(20)12-7-5-6-8-12/h10-12,14,20H,4-9H2,1-3H3,(H,17,21). The van der Waals surface area contributed by atoms with Gasteiger partial charge in [-0.3, -0.25) is 9.48 Å². The minimum atomic E-state index is -0.430. The molecule has 1 aromatic rings. The second-order valence-corrected chi connectivity index (χ2v) is 6.26. The summed E-state index contributed by atoms with van der Waals surface area (Å²) in [5.74, 6) is 0.419. The van der Waals surface area contributed by atoms with Crippen LogP contribution in [0.4, 0.5) is 0 Å². The van der Waals surface area contributed by atoms with Gasteiger partial charge in [0.2, 0.25) is 0 Å². The highest BCUT2D eigenvalue weighted by Gasteiger charge is 2.24. The zero-order valence-electron chi connectivity index (χ0n) is 13.3. The predicted octanol–water partition coefficient (Wildman–Crippen LogP) is 2.31. The van der Waals surface area contributed by atoms with Crippen molar-refractivity contribution in [2.75, 3.05) is 6.54 Å². The van der Waals surface area contributed by atoms with Crippen LogP contribution in [0.3, 0.4) is 0 Å².